The number of benzene rings is 1. The van der Waals surface area contributed by atoms with Crippen LogP contribution in [0.5, 0.6) is 5.75 Å². The molecule has 2 heterocycles. The average Bonchev–Trinajstić information content (AvgIpc) is 2.98. The number of nitriles is 1. The third kappa shape index (κ3) is 4.67. The first-order chi connectivity index (χ1) is 13.9. The minimum absolute atomic E-state index is 0.0188. The smallest absolute Gasteiger partial charge is 0.259 e. The van der Waals surface area contributed by atoms with Gasteiger partial charge in [-0.15, -0.1) is 11.3 Å². The van der Waals surface area contributed by atoms with Gasteiger partial charge in [-0.05, 0) is 56.2 Å². The summed E-state index contributed by atoms with van der Waals surface area (Å²) in [5, 5.41) is 13.2. The number of amides is 1. The van der Waals surface area contributed by atoms with Crippen molar-refractivity contribution in [2.45, 2.75) is 27.2 Å². The van der Waals surface area contributed by atoms with Crippen LogP contribution < -0.4 is 15.7 Å². The van der Waals surface area contributed by atoms with Crippen LogP contribution in [0.25, 0.3) is 10.2 Å². The predicted octanol–water partition coefficient (Wildman–Crippen LogP) is 2.59. The molecular formula is C20H19N5O3S. The van der Waals surface area contributed by atoms with Crippen molar-refractivity contribution in [2.24, 2.45) is 5.10 Å². The number of hydrogen-bond donors (Lipinski definition) is 2. The van der Waals surface area contributed by atoms with Gasteiger partial charge in [0.25, 0.3) is 5.56 Å². The quantitative estimate of drug-likeness (QED) is 0.479. The molecule has 3 rings (SSSR count). The molecule has 0 radical (unpaired) electrons. The fourth-order valence-electron chi connectivity index (χ4n) is 2.69. The number of ether oxygens (including phenoxy) is 1. The number of aromatic amines is 1. The second kappa shape index (κ2) is 8.67. The van der Waals surface area contributed by atoms with Crippen molar-refractivity contribution in [1.29, 1.82) is 5.26 Å². The molecule has 1 amide bonds. The summed E-state index contributed by atoms with van der Waals surface area (Å²) < 4.78 is 5.20. The van der Waals surface area contributed by atoms with Gasteiger partial charge < -0.3 is 9.72 Å². The van der Waals surface area contributed by atoms with Gasteiger partial charge in [0.2, 0.25) is 5.91 Å². The maximum Gasteiger partial charge on any atom is 0.259 e. The van der Waals surface area contributed by atoms with Gasteiger partial charge in [0.15, 0.2) is 6.61 Å². The van der Waals surface area contributed by atoms with E-state index in [2.05, 4.69) is 20.5 Å². The van der Waals surface area contributed by atoms with E-state index in [0.717, 1.165) is 16.0 Å². The van der Waals surface area contributed by atoms with E-state index in [-0.39, 0.29) is 24.5 Å². The number of aryl methyl sites for hydroxylation is 2. The lowest BCUT2D eigenvalue weighted by molar-refractivity contribution is -0.120. The molecule has 29 heavy (non-hydrogen) atoms. The molecule has 9 heteroatoms. The minimum atomic E-state index is -0.383. The van der Waals surface area contributed by atoms with Crippen LogP contribution in [0.4, 0.5) is 0 Å². The highest BCUT2D eigenvalue weighted by Crippen LogP contribution is 2.25. The van der Waals surface area contributed by atoms with Crippen molar-refractivity contribution in [3.05, 3.63) is 56.4 Å². The Bertz CT molecular complexity index is 1190. The lowest BCUT2D eigenvalue weighted by Gasteiger charge is -2.05. The van der Waals surface area contributed by atoms with Gasteiger partial charge in [0.1, 0.15) is 22.5 Å². The van der Waals surface area contributed by atoms with Gasteiger partial charge >= 0.3 is 0 Å². The number of fused-ring (bicyclic) bond motifs is 1. The highest BCUT2D eigenvalue weighted by Gasteiger charge is 2.13. The maximum absolute atomic E-state index is 12.3. The monoisotopic (exact) mass is 409 g/mol. The van der Waals surface area contributed by atoms with Gasteiger partial charge in [0.05, 0.1) is 17.5 Å². The molecule has 3 aromatic rings. The summed E-state index contributed by atoms with van der Waals surface area (Å²) >= 11 is 1.44. The number of thiophene rings is 1. The van der Waals surface area contributed by atoms with Crippen LogP contribution in [0.1, 0.15) is 28.8 Å². The number of carbonyl (C=O) groups excluding carboxylic acids is 1. The third-order valence-corrected chi connectivity index (χ3v) is 5.44. The largest absolute Gasteiger partial charge is 0.479 e. The first kappa shape index (κ1) is 20.2. The third-order valence-electron chi connectivity index (χ3n) is 4.34. The molecular weight excluding hydrogens is 390 g/mol. The van der Waals surface area contributed by atoms with Crippen molar-refractivity contribution in [2.75, 3.05) is 6.61 Å². The van der Waals surface area contributed by atoms with Crippen molar-refractivity contribution in [1.82, 2.24) is 15.4 Å². The van der Waals surface area contributed by atoms with E-state index in [4.69, 9.17) is 10.00 Å². The summed E-state index contributed by atoms with van der Waals surface area (Å²) in [5.41, 5.74) is 4.56. The summed E-state index contributed by atoms with van der Waals surface area (Å²) in [6.45, 7) is 5.56. The Hall–Kier alpha value is -3.51. The molecule has 0 bridgehead atoms. The summed E-state index contributed by atoms with van der Waals surface area (Å²) in [4.78, 5) is 33.2. The number of carbonyl (C=O) groups is 1. The summed E-state index contributed by atoms with van der Waals surface area (Å²) in [6, 6.07) is 8.92. The van der Waals surface area contributed by atoms with E-state index < -0.39 is 0 Å². The van der Waals surface area contributed by atoms with E-state index in [9.17, 15) is 9.59 Å². The highest BCUT2D eigenvalue weighted by atomic mass is 32.1. The Morgan fingerprint density at radius 3 is 2.76 bits per heavy atom. The summed E-state index contributed by atoms with van der Waals surface area (Å²) in [5.74, 6) is 0.496. The van der Waals surface area contributed by atoms with Crippen molar-refractivity contribution >= 4 is 33.2 Å². The number of rotatable bonds is 6. The van der Waals surface area contributed by atoms with Gasteiger partial charge in [-0.1, -0.05) is 0 Å². The maximum atomic E-state index is 12.3. The Morgan fingerprint density at radius 1 is 1.34 bits per heavy atom. The standard InChI is InChI=1S/C20H19N5O3S/c1-11-13(3)29-20-18(11)19(27)22-16(23-20)10-17(26)25-24-12(2)14-4-6-15(7-5-14)28-9-8-21/h4-7H,9-10H2,1-3H3,(H,25,26)(H,22,23,27)/b24-12-. The lowest BCUT2D eigenvalue weighted by Crippen LogP contribution is -2.24. The molecule has 0 aliphatic rings. The van der Waals surface area contributed by atoms with Crippen molar-refractivity contribution < 1.29 is 9.53 Å². The lowest BCUT2D eigenvalue weighted by atomic mass is 10.1. The molecule has 0 atom stereocenters. The molecule has 148 valence electrons. The zero-order valence-electron chi connectivity index (χ0n) is 16.2. The number of nitrogens with zero attached hydrogens (tertiary/aromatic N) is 3. The van der Waals surface area contributed by atoms with Crippen LogP contribution in [-0.2, 0) is 11.2 Å². The molecule has 0 aliphatic heterocycles. The number of H-pyrrole nitrogens is 1. The predicted molar refractivity (Wildman–Crippen MR) is 111 cm³/mol. The fourth-order valence-corrected chi connectivity index (χ4v) is 3.74. The number of hydrazone groups is 1. The van der Waals surface area contributed by atoms with Gasteiger partial charge in [0, 0.05) is 4.88 Å². The zero-order valence-corrected chi connectivity index (χ0v) is 17.0. The number of aromatic nitrogens is 2. The fraction of sp³-hybridized carbons (Fsp3) is 0.250. The topological polar surface area (TPSA) is 120 Å². The van der Waals surface area contributed by atoms with Gasteiger partial charge in [-0.25, -0.2) is 10.4 Å². The molecule has 0 spiro atoms. The van der Waals surface area contributed by atoms with E-state index in [1.807, 2.05) is 19.9 Å². The molecule has 0 fully saturated rings. The van der Waals surface area contributed by atoms with Crippen LogP contribution in [0.15, 0.2) is 34.2 Å². The van der Waals surface area contributed by atoms with E-state index in [1.54, 1.807) is 31.2 Å². The molecule has 0 saturated carbocycles. The minimum Gasteiger partial charge on any atom is -0.479 e. The number of nitrogens with one attached hydrogen (secondary N) is 2. The van der Waals surface area contributed by atoms with Gasteiger partial charge in [-0.2, -0.15) is 10.4 Å². The highest BCUT2D eigenvalue weighted by molar-refractivity contribution is 7.18. The Labute approximate surface area is 170 Å². The first-order valence-electron chi connectivity index (χ1n) is 8.81. The van der Waals surface area contributed by atoms with Crippen LogP contribution in [0, 0.1) is 25.2 Å². The van der Waals surface area contributed by atoms with E-state index in [0.29, 0.717) is 27.5 Å². The number of hydrogen-bond acceptors (Lipinski definition) is 7. The SMILES string of the molecule is C/C(=N/NC(=O)Cc1nc2sc(C)c(C)c2c(=O)[nH]1)c1ccc(OCC#N)cc1. The molecule has 1 aromatic carbocycles. The summed E-state index contributed by atoms with van der Waals surface area (Å²) in [6.07, 6.45) is -0.0844. The zero-order chi connectivity index (χ0) is 21.0. The molecule has 0 aliphatic carbocycles. The molecule has 8 nitrogen and oxygen atoms in total. The average molecular weight is 409 g/mol. The van der Waals surface area contributed by atoms with Gasteiger partial charge in [-0.3, -0.25) is 9.59 Å². The van der Waals surface area contributed by atoms with Crippen LogP contribution in [-0.4, -0.2) is 28.2 Å². The Kier molecular flexibility index (Phi) is 6.04. The van der Waals surface area contributed by atoms with Crippen molar-refractivity contribution in [3.8, 4) is 11.8 Å². The molecule has 0 saturated heterocycles. The summed E-state index contributed by atoms with van der Waals surface area (Å²) in [7, 11) is 0. The van der Waals surface area contributed by atoms with Crippen LogP contribution in [0.2, 0.25) is 0 Å². The normalized spacial score (nSPS) is 11.3. The van der Waals surface area contributed by atoms with Crippen molar-refractivity contribution in [3.63, 3.8) is 0 Å². The van der Waals surface area contributed by atoms with E-state index >= 15 is 0 Å². The van der Waals surface area contributed by atoms with Crippen LogP contribution >= 0.6 is 11.3 Å². The Balaban J connectivity index is 1.67. The molecule has 0 unspecified atom stereocenters. The molecule has 2 N–H and O–H groups in total. The first-order valence-corrected chi connectivity index (χ1v) is 9.63. The van der Waals surface area contributed by atoms with E-state index in [1.165, 1.54) is 11.3 Å². The Morgan fingerprint density at radius 2 is 2.07 bits per heavy atom. The van der Waals surface area contributed by atoms with Crippen LogP contribution in [0.3, 0.4) is 0 Å². The second-order valence-electron chi connectivity index (χ2n) is 6.36. The second-order valence-corrected chi connectivity index (χ2v) is 7.56. The molecule has 2 aromatic heterocycles.